The predicted molar refractivity (Wildman–Crippen MR) is 82.6 cm³/mol. The van der Waals surface area contributed by atoms with Gasteiger partial charge in [0.1, 0.15) is 0 Å². The zero-order chi connectivity index (χ0) is 13.9. The Bertz CT molecular complexity index is 228. The van der Waals surface area contributed by atoms with E-state index in [2.05, 4.69) is 48.5 Å². The third kappa shape index (κ3) is 4.00. The zero-order valence-corrected chi connectivity index (χ0v) is 13.9. The molecule has 1 saturated carbocycles. The molecule has 0 saturated heterocycles. The van der Waals surface area contributed by atoms with E-state index in [1.165, 1.54) is 25.7 Å². The molecule has 0 aromatic heterocycles. The molecule has 0 amide bonds. The molecule has 1 aliphatic carbocycles. The average molecular weight is 252 g/mol. The summed E-state index contributed by atoms with van der Waals surface area (Å²) in [6, 6.07) is 0. The first kappa shape index (κ1) is 16.1. The Kier molecular flexibility index (Phi) is 6.21. The summed E-state index contributed by atoms with van der Waals surface area (Å²) < 4.78 is 0. The number of hydrogen-bond acceptors (Lipinski definition) is 0. The van der Waals surface area contributed by atoms with Gasteiger partial charge in [-0.2, -0.15) is 0 Å². The van der Waals surface area contributed by atoms with Gasteiger partial charge in [-0.15, -0.1) is 0 Å². The SMILES string of the molecule is CCC1C(C)CC1C(CC(C)C)CC(C)C(C)C. The highest BCUT2D eigenvalue weighted by Gasteiger charge is 2.41. The van der Waals surface area contributed by atoms with Crippen LogP contribution in [0.1, 0.15) is 74.1 Å². The van der Waals surface area contributed by atoms with E-state index in [1.807, 2.05) is 0 Å². The Morgan fingerprint density at radius 2 is 1.61 bits per heavy atom. The van der Waals surface area contributed by atoms with Crippen LogP contribution in [0.4, 0.5) is 0 Å². The van der Waals surface area contributed by atoms with Gasteiger partial charge in [0.05, 0.1) is 0 Å². The lowest BCUT2D eigenvalue weighted by atomic mass is 9.57. The smallest absolute Gasteiger partial charge is 0.0352 e. The summed E-state index contributed by atoms with van der Waals surface area (Å²) in [5, 5.41) is 0. The highest BCUT2D eigenvalue weighted by atomic mass is 14.5. The van der Waals surface area contributed by atoms with Crippen LogP contribution in [0.15, 0.2) is 0 Å². The van der Waals surface area contributed by atoms with Crippen molar-refractivity contribution in [3.8, 4) is 0 Å². The van der Waals surface area contributed by atoms with Crippen molar-refractivity contribution in [1.29, 1.82) is 0 Å². The van der Waals surface area contributed by atoms with Gasteiger partial charge in [-0.1, -0.05) is 54.9 Å². The molecule has 0 bridgehead atoms. The third-order valence-electron chi connectivity index (χ3n) is 5.59. The summed E-state index contributed by atoms with van der Waals surface area (Å²) in [6.07, 6.45) is 5.81. The van der Waals surface area contributed by atoms with Gasteiger partial charge >= 0.3 is 0 Å². The van der Waals surface area contributed by atoms with Gasteiger partial charge in [0.25, 0.3) is 0 Å². The van der Waals surface area contributed by atoms with Gasteiger partial charge < -0.3 is 0 Å². The fraction of sp³-hybridized carbons (Fsp3) is 1.00. The normalized spacial score (nSPS) is 31.5. The van der Waals surface area contributed by atoms with Crippen molar-refractivity contribution < 1.29 is 0 Å². The largest absolute Gasteiger partial charge is 0.0651 e. The van der Waals surface area contributed by atoms with E-state index in [-0.39, 0.29) is 0 Å². The van der Waals surface area contributed by atoms with Crippen molar-refractivity contribution in [3.63, 3.8) is 0 Å². The Balaban J connectivity index is 2.61. The molecule has 5 unspecified atom stereocenters. The lowest BCUT2D eigenvalue weighted by Crippen LogP contribution is -2.40. The Hall–Kier alpha value is 0. The van der Waals surface area contributed by atoms with E-state index >= 15 is 0 Å². The van der Waals surface area contributed by atoms with Gasteiger partial charge in [0.15, 0.2) is 0 Å². The van der Waals surface area contributed by atoms with Crippen LogP contribution in [0.3, 0.4) is 0 Å². The van der Waals surface area contributed by atoms with Crippen LogP contribution in [-0.2, 0) is 0 Å². The molecule has 0 aromatic carbocycles. The average Bonchev–Trinajstić information content (AvgIpc) is 2.24. The molecule has 0 N–H and O–H groups in total. The molecule has 5 atom stereocenters. The second-order valence-corrected chi connectivity index (χ2v) is 7.80. The van der Waals surface area contributed by atoms with Gasteiger partial charge in [0.2, 0.25) is 0 Å². The molecule has 0 aromatic rings. The summed E-state index contributed by atoms with van der Waals surface area (Å²) in [7, 11) is 0. The molecule has 0 heterocycles. The topological polar surface area (TPSA) is 0 Å². The molecular formula is C18H36. The molecule has 18 heavy (non-hydrogen) atoms. The van der Waals surface area contributed by atoms with E-state index < -0.39 is 0 Å². The lowest BCUT2D eigenvalue weighted by Gasteiger charge is -2.48. The minimum atomic E-state index is 0.845. The van der Waals surface area contributed by atoms with Crippen LogP contribution >= 0.6 is 0 Å². The van der Waals surface area contributed by atoms with Crippen molar-refractivity contribution in [2.45, 2.75) is 74.1 Å². The van der Waals surface area contributed by atoms with Crippen molar-refractivity contribution in [2.75, 3.05) is 0 Å². The van der Waals surface area contributed by atoms with E-state index in [1.54, 1.807) is 0 Å². The summed E-state index contributed by atoms with van der Waals surface area (Å²) in [5.74, 6) is 6.64. The first-order valence-corrected chi connectivity index (χ1v) is 8.36. The van der Waals surface area contributed by atoms with Crippen LogP contribution in [0.25, 0.3) is 0 Å². The van der Waals surface area contributed by atoms with Crippen molar-refractivity contribution in [1.82, 2.24) is 0 Å². The molecule has 0 heteroatoms. The molecule has 0 radical (unpaired) electrons. The van der Waals surface area contributed by atoms with E-state index in [4.69, 9.17) is 0 Å². The maximum absolute atomic E-state index is 2.46. The Morgan fingerprint density at radius 3 is 2.00 bits per heavy atom. The number of rotatable bonds is 7. The van der Waals surface area contributed by atoms with Crippen LogP contribution < -0.4 is 0 Å². The van der Waals surface area contributed by atoms with Crippen LogP contribution in [0.2, 0.25) is 0 Å². The molecule has 1 fully saturated rings. The summed E-state index contributed by atoms with van der Waals surface area (Å²) in [4.78, 5) is 0. The predicted octanol–water partition coefficient (Wildman–Crippen LogP) is 6.01. The minimum Gasteiger partial charge on any atom is -0.0651 e. The Labute approximate surface area is 116 Å². The van der Waals surface area contributed by atoms with E-state index in [9.17, 15) is 0 Å². The van der Waals surface area contributed by atoms with Crippen molar-refractivity contribution >= 4 is 0 Å². The maximum atomic E-state index is 2.46. The first-order chi connectivity index (χ1) is 8.36. The van der Waals surface area contributed by atoms with Gasteiger partial charge in [-0.3, -0.25) is 0 Å². The minimum absolute atomic E-state index is 0.845. The summed E-state index contributed by atoms with van der Waals surface area (Å²) in [5.41, 5.74) is 0. The molecule has 1 aliphatic rings. The van der Waals surface area contributed by atoms with Crippen LogP contribution in [-0.4, -0.2) is 0 Å². The van der Waals surface area contributed by atoms with Gasteiger partial charge in [-0.25, -0.2) is 0 Å². The zero-order valence-electron chi connectivity index (χ0n) is 13.9. The fourth-order valence-corrected chi connectivity index (χ4v) is 4.05. The van der Waals surface area contributed by atoms with Crippen molar-refractivity contribution in [3.05, 3.63) is 0 Å². The van der Waals surface area contributed by atoms with Gasteiger partial charge in [0, 0.05) is 0 Å². The number of hydrogen-bond donors (Lipinski definition) is 0. The molecule has 0 nitrogen and oxygen atoms in total. The lowest BCUT2D eigenvalue weighted by molar-refractivity contribution is 0.0110. The third-order valence-corrected chi connectivity index (χ3v) is 5.59. The van der Waals surface area contributed by atoms with E-state index in [0.29, 0.717) is 0 Å². The van der Waals surface area contributed by atoms with E-state index in [0.717, 1.165) is 41.4 Å². The summed E-state index contributed by atoms with van der Waals surface area (Å²) >= 11 is 0. The summed E-state index contributed by atoms with van der Waals surface area (Å²) in [6.45, 7) is 16.9. The highest BCUT2D eigenvalue weighted by Crippen LogP contribution is 2.49. The fourth-order valence-electron chi connectivity index (χ4n) is 4.05. The van der Waals surface area contributed by atoms with Crippen LogP contribution in [0.5, 0.6) is 0 Å². The van der Waals surface area contributed by atoms with Gasteiger partial charge in [-0.05, 0) is 60.7 Å². The quantitative estimate of drug-likeness (QED) is 0.520. The first-order valence-electron chi connectivity index (χ1n) is 8.36. The maximum Gasteiger partial charge on any atom is -0.0352 e. The molecule has 108 valence electrons. The standard InChI is InChI=1S/C18H36/c1-8-17-15(7)11-18(17)16(9-12(2)3)10-14(6)13(4)5/h12-18H,8-11H2,1-7H3. The second kappa shape index (κ2) is 6.96. The molecule has 0 spiro atoms. The van der Waals surface area contributed by atoms with Crippen molar-refractivity contribution in [2.24, 2.45) is 41.4 Å². The monoisotopic (exact) mass is 252 g/mol. The molecular weight excluding hydrogens is 216 g/mol. The highest BCUT2D eigenvalue weighted by molar-refractivity contribution is 4.90. The molecule has 1 rings (SSSR count). The Morgan fingerprint density at radius 1 is 1.00 bits per heavy atom. The molecule has 0 aliphatic heterocycles. The van der Waals surface area contributed by atoms with Crippen LogP contribution in [0, 0.1) is 41.4 Å². The second-order valence-electron chi connectivity index (χ2n) is 7.80.